The number of fused-ring (bicyclic) bond motifs is 6. The molecule has 0 saturated carbocycles. The second kappa shape index (κ2) is 14.8. The van der Waals surface area contributed by atoms with Crippen LogP contribution in [0.25, 0.3) is 77.2 Å². The number of nitrogens with zero attached hydrogens (tertiary/aromatic N) is 5. The lowest BCUT2D eigenvalue weighted by atomic mass is 10.0. The molecule has 1 aliphatic heterocycles. The van der Waals surface area contributed by atoms with E-state index < -0.39 is 0 Å². The first-order valence-electron chi connectivity index (χ1n) is 21.2. The molecule has 12 rings (SSSR count). The van der Waals surface area contributed by atoms with Gasteiger partial charge < -0.3 is 18.9 Å². The van der Waals surface area contributed by atoms with Gasteiger partial charge in [0.05, 0.1) is 35.1 Å². The van der Waals surface area contributed by atoms with Gasteiger partial charge in [0.2, 0.25) is 0 Å². The smallest absolute Gasteiger partial charge is 0.150 e. The Morgan fingerprint density at radius 2 is 0.839 bits per heavy atom. The van der Waals surface area contributed by atoms with Gasteiger partial charge >= 0.3 is 0 Å². The third-order valence-corrected chi connectivity index (χ3v) is 12.5. The molecule has 3 heterocycles. The van der Waals surface area contributed by atoms with E-state index >= 15 is 0 Å². The number of benzene rings is 9. The fraction of sp³-hybridized carbons (Fsp3) is 0.0351. The van der Waals surface area contributed by atoms with Crippen molar-refractivity contribution in [2.75, 3.05) is 16.5 Å². The Kier molecular flexibility index (Phi) is 8.56. The quantitative estimate of drug-likeness (QED) is 0.161. The molecule has 0 N–H and O–H groups in total. The highest BCUT2D eigenvalue weighted by molar-refractivity contribution is 6.11. The number of rotatable bonds is 7. The summed E-state index contributed by atoms with van der Waals surface area (Å²) in [6.07, 6.45) is 1.83. The summed E-state index contributed by atoms with van der Waals surface area (Å²) >= 11 is 0. The molecule has 0 bridgehead atoms. The van der Waals surface area contributed by atoms with E-state index in [1.807, 2.05) is 12.4 Å². The minimum absolute atomic E-state index is 0.161. The maximum absolute atomic E-state index is 5.15. The summed E-state index contributed by atoms with van der Waals surface area (Å²) in [4.78, 5) is 9.72. The van der Waals surface area contributed by atoms with Crippen LogP contribution in [0.2, 0.25) is 0 Å². The van der Waals surface area contributed by atoms with Crippen LogP contribution in [0.4, 0.5) is 11.4 Å². The Bertz CT molecular complexity index is 3400. The number of para-hydroxylation sites is 5. The second-order valence-corrected chi connectivity index (χ2v) is 16.1. The van der Waals surface area contributed by atoms with E-state index in [1.54, 1.807) is 0 Å². The van der Waals surface area contributed by atoms with Crippen molar-refractivity contribution in [1.82, 2.24) is 9.13 Å². The van der Waals surface area contributed by atoms with E-state index in [9.17, 15) is 0 Å². The standard InChI is InChI=1S/C57H41N5/c1-3-18-45(19-4-1)59-38-58-57(60(39-59)46-20-5-2-6-21-46)44-17-13-15-41(35-44)40-29-32-47(33-30-40)61-53-26-10-9-25-51(53)52-34-31-43(37-56(52)61)42-16-14-22-48(36-42)62-54-27-11-7-23-49(54)50-24-8-12-28-55(50)62/h1-38,57H,39H2. The summed E-state index contributed by atoms with van der Waals surface area (Å²) in [5.74, 6) is 0. The molecule has 1 atom stereocenters. The molecule has 9 aromatic carbocycles. The highest BCUT2D eigenvalue weighted by Crippen LogP contribution is 2.38. The predicted octanol–water partition coefficient (Wildman–Crippen LogP) is 14.2. The summed E-state index contributed by atoms with van der Waals surface area (Å²) in [5, 5.41) is 5.01. The lowest BCUT2D eigenvalue weighted by Gasteiger charge is -2.39. The van der Waals surface area contributed by atoms with E-state index in [0.29, 0.717) is 6.67 Å². The Morgan fingerprint density at radius 3 is 1.50 bits per heavy atom. The maximum Gasteiger partial charge on any atom is 0.150 e. The Hall–Kier alpha value is -8.15. The van der Waals surface area contributed by atoms with Gasteiger partial charge in [0.1, 0.15) is 6.17 Å². The minimum Gasteiger partial charge on any atom is -0.328 e. The summed E-state index contributed by atoms with van der Waals surface area (Å²) in [5.41, 5.74) is 15.2. The molecule has 0 spiro atoms. The van der Waals surface area contributed by atoms with Crippen molar-refractivity contribution in [3.8, 4) is 33.6 Å². The van der Waals surface area contributed by atoms with E-state index in [2.05, 4.69) is 237 Å². The van der Waals surface area contributed by atoms with Crippen LogP contribution in [0.1, 0.15) is 11.7 Å². The Labute approximate surface area is 360 Å². The summed E-state index contributed by atoms with van der Waals surface area (Å²) in [6, 6.07) is 81.0. The zero-order valence-corrected chi connectivity index (χ0v) is 34.0. The Morgan fingerprint density at radius 1 is 0.339 bits per heavy atom. The van der Waals surface area contributed by atoms with Gasteiger partial charge in [-0.25, -0.2) is 4.99 Å². The molecule has 0 radical (unpaired) electrons. The number of aliphatic imine (C=N–C) groups is 1. The fourth-order valence-electron chi connectivity index (χ4n) is 9.51. The Balaban J connectivity index is 0.905. The first kappa shape index (κ1) is 35.8. The van der Waals surface area contributed by atoms with Crippen LogP contribution in [0.5, 0.6) is 0 Å². The molecule has 0 saturated heterocycles. The average Bonchev–Trinajstić information content (AvgIpc) is 3.87. The van der Waals surface area contributed by atoms with Gasteiger partial charge in [-0.3, -0.25) is 0 Å². The highest BCUT2D eigenvalue weighted by atomic mass is 15.4. The number of anilines is 2. The first-order chi connectivity index (χ1) is 30.7. The zero-order chi connectivity index (χ0) is 41.0. The molecular weight excluding hydrogens is 755 g/mol. The van der Waals surface area contributed by atoms with Crippen molar-refractivity contribution in [2.45, 2.75) is 6.17 Å². The molecular formula is C57H41N5. The number of aromatic nitrogens is 2. The average molecular weight is 796 g/mol. The van der Waals surface area contributed by atoms with Gasteiger partial charge in [-0.15, -0.1) is 0 Å². The molecule has 1 unspecified atom stereocenters. The summed E-state index contributed by atoms with van der Waals surface area (Å²) in [6.45, 7) is 0.689. The first-order valence-corrected chi connectivity index (χ1v) is 21.2. The van der Waals surface area contributed by atoms with Gasteiger partial charge in [0, 0.05) is 44.3 Å². The molecule has 11 aromatic rings. The van der Waals surface area contributed by atoms with E-state index in [0.717, 1.165) is 39.4 Å². The minimum atomic E-state index is -0.161. The predicted molar refractivity (Wildman–Crippen MR) is 260 cm³/mol. The van der Waals surface area contributed by atoms with Crippen LogP contribution in [0, 0.1) is 0 Å². The van der Waals surface area contributed by atoms with Crippen molar-refractivity contribution in [1.29, 1.82) is 0 Å². The molecule has 5 heteroatoms. The lowest BCUT2D eigenvalue weighted by molar-refractivity contribution is 0.631. The lowest BCUT2D eigenvalue weighted by Crippen LogP contribution is -2.43. The normalized spacial score (nSPS) is 14.1. The molecule has 5 nitrogen and oxygen atoms in total. The molecule has 1 aliphatic rings. The molecule has 62 heavy (non-hydrogen) atoms. The van der Waals surface area contributed by atoms with Crippen LogP contribution in [-0.2, 0) is 0 Å². The molecule has 0 fully saturated rings. The topological polar surface area (TPSA) is 28.7 Å². The summed E-state index contributed by atoms with van der Waals surface area (Å²) in [7, 11) is 0. The third kappa shape index (κ3) is 6.05. The third-order valence-electron chi connectivity index (χ3n) is 12.5. The van der Waals surface area contributed by atoms with E-state index in [4.69, 9.17) is 4.99 Å². The van der Waals surface area contributed by atoms with Gasteiger partial charge in [-0.2, -0.15) is 0 Å². The van der Waals surface area contributed by atoms with Crippen molar-refractivity contribution in [2.24, 2.45) is 4.99 Å². The summed E-state index contributed by atoms with van der Waals surface area (Å²) < 4.78 is 4.81. The largest absolute Gasteiger partial charge is 0.328 e. The zero-order valence-electron chi connectivity index (χ0n) is 34.0. The van der Waals surface area contributed by atoms with Crippen LogP contribution in [-0.4, -0.2) is 22.1 Å². The van der Waals surface area contributed by atoms with E-state index in [1.165, 1.54) is 54.7 Å². The number of hydrogen-bond acceptors (Lipinski definition) is 3. The van der Waals surface area contributed by atoms with Crippen molar-refractivity contribution in [3.05, 3.63) is 230 Å². The van der Waals surface area contributed by atoms with Crippen LogP contribution < -0.4 is 9.80 Å². The molecule has 2 aromatic heterocycles. The number of hydrogen-bond donors (Lipinski definition) is 0. The molecule has 0 amide bonds. The van der Waals surface area contributed by atoms with Gasteiger partial charge in [-0.05, 0) is 107 Å². The SMILES string of the molecule is C1=NC(c2cccc(-c3ccc(-n4c5ccccc5c5ccc(-c6cccc(-n7c8ccccc8c8ccccc87)c6)cc54)cc3)c2)N(c2ccccc2)CN1c1ccccc1. The van der Waals surface area contributed by atoms with Gasteiger partial charge in [0.15, 0.2) is 0 Å². The van der Waals surface area contributed by atoms with Gasteiger partial charge in [-0.1, -0.05) is 146 Å². The van der Waals surface area contributed by atoms with Crippen molar-refractivity contribution >= 4 is 61.3 Å². The molecule has 0 aliphatic carbocycles. The highest BCUT2D eigenvalue weighted by Gasteiger charge is 2.26. The van der Waals surface area contributed by atoms with Crippen molar-refractivity contribution < 1.29 is 0 Å². The van der Waals surface area contributed by atoms with Crippen molar-refractivity contribution in [3.63, 3.8) is 0 Å². The fourth-order valence-corrected chi connectivity index (χ4v) is 9.51. The van der Waals surface area contributed by atoms with Gasteiger partial charge in [0.25, 0.3) is 0 Å². The monoisotopic (exact) mass is 795 g/mol. The second-order valence-electron chi connectivity index (χ2n) is 16.1. The van der Waals surface area contributed by atoms with Crippen LogP contribution in [0.3, 0.4) is 0 Å². The maximum atomic E-state index is 5.15. The molecule has 294 valence electrons. The van der Waals surface area contributed by atoms with E-state index in [-0.39, 0.29) is 6.17 Å². The van der Waals surface area contributed by atoms with Crippen LogP contribution in [0.15, 0.2) is 229 Å². The van der Waals surface area contributed by atoms with Crippen LogP contribution >= 0.6 is 0 Å².